The van der Waals surface area contributed by atoms with Gasteiger partial charge in [0.25, 0.3) is 0 Å². The Labute approximate surface area is 147 Å². The molecule has 0 aromatic carbocycles. The molecular weight excluding hydrogens is 292 g/mol. The van der Waals surface area contributed by atoms with E-state index in [4.69, 9.17) is 0 Å². The van der Waals surface area contributed by atoms with E-state index in [0.29, 0.717) is 17.8 Å². The van der Waals surface area contributed by atoms with Crippen LogP contribution in [0.5, 0.6) is 0 Å². The van der Waals surface area contributed by atoms with Gasteiger partial charge in [-0.25, -0.2) is 0 Å². The fourth-order valence-electron chi connectivity index (χ4n) is 7.91. The molecule has 0 N–H and O–H groups in total. The SMILES string of the molecule is C[C@H]1C[C@H]2C[C@@](C)(C#N)[C@@H](C)[C@H]3CC[C@H]4[C@@H]([C@@H]1CC[C@]4(C)C#N)[C@H]23. The number of hydrogen-bond donors (Lipinski definition) is 0. The molecular formula is C22H32N2. The summed E-state index contributed by atoms with van der Waals surface area (Å²) >= 11 is 0. The van der Waals surface area contributed by atoms with Crippen molar-refractivity contribution in [3.8, 4) is 12.1 Å². The van der Waals surface area contributed by atoms with Gasteiger partial charge in [0.15, 0.2) is 0 Å². The number of hydrogen-bond acceptors (Lipinski definition) is 2. The Balaban J connectivity index is 1.76. The lowest BCUT2D eigenvalue weighted by atomic mass is 9.39. The van der Waals surface area contributed by atoms with Gasteiger partial charge in [-0.1, -0.05) is 13.8 Å². The van der Waals surface area contributed by atoms with E-state index in [1.807, 2.05) is 0 Å². The molecule has 0 saturated heterocycles. The van der Waals surface area contributed by atoms with Crippen molar-refractivity contribution in [3.05, 3.63) is 0 Å². The molecule has 24 heavy (non-hydrogen) atoms. The maximum atomic E-state index is 9.90. The molecule has 2 nitrogen and oxygen atoms in total. The molecule has 0 spiro atoms. The van der Waals surface area contributed by atoms with E-state index in [2.05, 4.69) is 39.8 Å². The Kier molecular flexibility index (Phi) is 3.59. The van der Waals surface area contributed by atoms with E-state index < -0.39 is 0 Å². The van der Waals surface area contributed by atoms with Crippen LogP contribution in [0, 0.1) is 80.8 Å². The number of rotatable bonds is 0. The standard InChI is InChI=1S/C22H32N2/c1-13-9-15-10-22(4,12-24)14(2)17-5-6-18-20(19(15)17)16(13)7-8-21(18,3)11-23/h13-20H,5-10H2,1-4H3/t13-,14-,15-,16+,17+,18-,19+,20+,21+,22-/m0/s1. The summed E-state index contributed by atoms with van der Waals surface area (Å²) in [4.78, 5) is 0. The number of nitriles is 2. The molecule has 0 aromatic heterocycles. The molecule has 0 aliphatic heterocycles. The third-order valence-corrected chi connectivity index (χ3v) is 9.32. The van der Waals surface area contributed by atoms with Gasteiger partial charge in [-0.15, -0.1) is 0 Å². The molecule has 0 radical (unpaired) electrons. The summed E-state index contributed by atoms with van der Waals surface area (Å²) in [5.41, 5.74) is -0.245. The van der Waals surface area contributed by atoms with Crippen LogP contribution in [0.1, 0.15) is 66.2 Å². The average Bonchev–Trinajstić information content (AvgIpc) is 2.58. The van der Waals surface area contributed by atoms with Crippen LogP contribution in [0.3, 0.4) is 0 Å². The quantitative estimate of drug-likeness (QED) is 0.598. The summed E-state index contributed by atoms with van der Waals surface area (Å²) < 4.78 is 0. The molecule has 4 saturated carbocycles. The third kappa shape index (κ3) is 1.98. The summed E-state index contributed by atoms with van der Waals surface area (Å²) in [7, 11) is 0. The minimum atomic E-state index is -0.140. The Morgan fingerprint density at radius 3 is 2.25 bits per heavy atom. The van der Waals surface area contributed by atoms with Gasteiger partial charge >= 0.3 is 0 Å². The molecule has 4 aliphatic carbocycles. The fourth-order valence-corrected chi connectivity index (χ4v) is 7.91. The van der Waals surface area contributed by atoms with Crippen molar-refractivity contribution in [1.29, 1.82) is 10.5 Å². The van der Waals surface area contributed by atoms with E-state index in [1.54, 1.807) is 0 Å². The Hall–Kier alpha value is -1.02. The molecule has 130 valence electrons. The fraction of sp³-hybridized carbons (Fsp3) is 0.909. The largest absolute Gasteiger partial charge is 0.198 e. The normalized spacial score (nSPS) is 58.9. The second-order valence-corrected chi connectivity index (χ2v) is 10.2. The second kappa shape index (κ2) is 5.24. The van der Waals surface area contributed by atoms with Crippen LogP contribution in [-0.4, -0.2) is 0 Å². The molecule has 4 fully saturated rings. The first kappa shape index (κ1) is 16.4. The second-order valence-electron chi connectivity index (χ2n) is 10.2. The van der Waals surface area contributed by atoms with Crippen LogP contribution >= 0.6 is 0 Å². The lowest BCUT2D eigenvalue weighted by Gasteiger charge is -2.65. The third-order valence-electron chi connectivity index (χ3n) is 9.32. The van der Waals surface area contributed by atoms with E-state index in [9.17, 15) is 10.5 Å². The summed E-state index contributed by atoms with van der Waals surface area (Å²) in [6.45, 7) is 9.27. The van der Waals surface area contributed by atoms with Crippen LogP contribution in [0.15, 0.2) is 0 Å². The van der Waals surface area contributed by atoms with Gasteiger partial charge in [0.05, 0.1) is 23.0 Å². The van der Waals surface area contributed by atoms with Crippen molar-refractivity contribution in [1.82, 2.24) is 0 Å². The van der Waals surface area contributed by atoms with E-state index in [0.717, 1.165) is 42.4 Å². The molecule has 0 bridgehead atoms. The molecule has 2 heteroatoms. The highest BCUT2D eigenvalue weighted by atomic mass is 14.7. The Morgan fingerprint density at radius 2 is 1.58 bits per heavy atom. The molecule has 4 rings (SSSR count). The summed E-state index contributed by atoms with van der Waals surface area (Å²) in [6, 6.07) is 5.44. The van der Waals surface area contributed by atoms with Crippen LogP contribution in [0.4, 0.5) is 0 Å². The first-order valence-corrected chi connectivity index (χ1v) is 10.2. The maximum Gasteiger partial charge on any atom is 0.0689 e. The van der Waals surface area contributed by atoms with Gasteiger partial charge in [-0.3, -0.25) is 0 Å². The highest BCUT2D eigenvalue weighted by Crippen LogP contribution is 2.67. The van der Waals surface area contributed by atoms with E-state index >= 15 is 0 Å². The van der Waals surface area contributed by atoms with Crippen LogP contribution < -0.4 is 0 Å². The van der Waals surface area contributed by atoms with Gasteiger partial charge in [-0.2, -0.15) is 10.5 Å². The zero-order valence-electron chi connectivity index (χ0n) is 15.8. The van der Waals surface area contributed by atoms with Gasteiger partial charge in [0.1, 0.15) is 0 Å². The zero-order chi connectivity index (χ0) is 17.3. The highest BCUT2D eigenvalue weighted by molar-refractivity contribution is 5.16. The van der Waals surface area contributed by atoms with Crippen LogP contribution in [0.25, 0.3) is 0 Å². The lowest BCUT2D eigenvalue weighted by Crippen LogP contribution is -2.59. The van der Waals surface area contributed by atoms with Crippen molar-refractivity contribution < 1.29 is 0 Å². The van der Waals surface area contributed by atoms with Crippen molar-refractivity contribution in [3.63, 3.8) is 0 Å². The number of nitrogens with zero attached hydrogens (tertiary/aromatic N) is 2. The zero-order valence-corrected chi connectivity index (χ0v) is 15.8. The van der Waals surface area contributed by atoms with Crippen molar-refractivity contribution in [2.45, 2.75) is 66.2 Å². The van der Waals surface area contributed by atoms with Crippen molar-refractivity contribution >= 4 is 0 Å². The monoisotopic (exact) mass is 324 g/mol. The molecule has 0 aromatic rings. The van der Waals surface area contributed by atoms with E-state index in [1.165, 1.54) is 25.7 Å². The van der Waals surface area contributed by atoms with Crippen molar-refractivity contribution in [2.75, 3.05) is 0 Å². The summed E-state index contributed by atoms with van der Waals surface area (Å²) in [5, 5.41) is 19.8. The smallest absolute Gasteiger partial charge is 0.0689 e. The van der Waals surface area contributed by atoms with Gasteiger partial charge < -0.3 is 0 Å². The predicted octanol–water partition coefficient (Wildman–Crippen LogP) is 5.41. The summed E-state index contributed by atoms with van der Waals surface area (Å²) in [5.74, 6) is 5.69. The first-order valence-electron chi connectivity index (χ1n) is 10.2. The van der Waals surface area contributed by atoms with E-state index in [-0.39, 0.29) is 10.8 Å². The van der Waals surface area contributed by atoms with Crippen LogP contribution in [0.2, 0.25) is 0 Å². The molecule has 10 atom stereocenters. The molecule has 4 aliphatic rings. The average molecular weight is 325 g/mol. The van der Waals surface area contributed by atoms with Gasteiger partial charge in [-0.05, 0) is 99.7 Å². The first-order chi connectivity index (χ1) is 11.3. The molecule has 0 amide bonds. The summed E-state index contributed by atoms with van der Waals surface area (Å²) in [6.07, 6.45) is 7.24. The minimum absolute atomic E-state index is 0.104. The predicted molar refractivity (Wildman–Crippen MR) is 94.4 cm³/mol. The van der Waals surface area contributed by atoms with Crippen LogP contribution in [-0.2, 0) is 0 Å². The van der Waals surface area contributed by atoms with Gasteiger partial charge in [0, 0.05) is 0 Å². The maximum absolute atomic E-state index is 9.90. The Bertz CT molecular complexity index is 612. The van der Waals surface area contributed by atoms with Gasteiger partial charge in [0.2, 0.25) is 0 Å². The lowest BCUT2D eigenvalue weighted by molar-refractivity contribution is -0.160. The molecule has 0 unspecified atom stereocenters. The molecule has 0 heterocycles. The van der Waals surface area contributed by atoms with Crippen molar-refractivity contribution in [2.24, 2.45) is 58.2 Å². The minimum Gasteiger partial charge on any atom is -0.198 e. The highest BCUT2D eigenvalue weighted by Gasteiger charge is 2.62. The topological polar surface area (TPSA) is 47.6 Å². The Morgan fingerprint density at radius 1 is 0.875 bits per heavy atom.